The molecule has 0 N–H and O–H groups in total. The Balaban J connectivity index is 0. The molecule has 0 unspecified atom stereocenters. The fraction of sp³-hybridized carbons (Fsp3) is 0. The number of rotatable bonds is 0. The maximum absolute atomic E-state index is 0. The molecule has 0 aliphatic carbocycles. The Morgan fingerprint density at radius 2 is 0.750 bits per heavy atom. The van der Waals surface area contributed by atoms with E-state index in [9.17, 15) is 0 Å². The SMILES string of the molecule is [MgH2].[O-2].[O-2].[Zr+4]. The zero-order valence-corrected chi connectivity index (χ0v) is 3.77. The van der Waals surface area contributed by atoms with Crippen LogP contribution in [0.5, 0.6) is 0 Å². The van der Waals surface area contributed by atoms with Crippen molar-refractivity contribution in [3.63, 3.8) is 0 Å². The molecular formula is H2MgO2Zr. The summed E-state index contributed by atoms with van der Waals surface area (Å²) in [5, 5.41) is 0. The molecule has 2 nitrogen and oxygen atoms in total. The van der Waals surface area contributed by atoms with E-state index in [0.29, 0.717) is 0 Å². The van der Waals surface area contributed by atoms with Crippen LogP contribution in [0.15, 0.2) is 0 Å². The summed E-state index contributed by atoms with van der Waals surface area (Å²) in [6, 6.07) is 0. The molecule has 0 fully saturated rings. The molecule has 4 heteroatoms. The summed E-state index contributed by atoms with van der Waals surface area (Å²) in [5.74, 6) is 0. The molecule has 0 saturated carbocycles. The van der Waals surface area contributed by atoms with E-state index in [1.165, 1.54) is 0 Å². The molecule has 20 valence electrons. The monoisotopic (exact) mass is 148 g/mol. The average molecular weight is 150 g/mol. The van der Waals surface area contributed by atoms with Gasteiger partial charge < -0.3 is 11.0 Å². The second-order valence-electron chi connectivity index (χ2n) is 0. The predicted octanol–water partition coefficient (Wildman–Crippen LogP) is -1.16. The van der Waals surface area contributed by atoms with Crippen molar-refractivity contribution in [1.29, 1.82) is 0 Å². The van der Waals surface area contributed by atoms with Gasteiger partial charge in [-0.3, -0.25) is 0 Å². The van der Waals surface area contributed by atoms with Crippen LogP contribution in [0, 0.1) is 0 Å². The first-order valence-electron chi connectivity index (χ1n) is 0. The molecule has 0 saturated heterocycles. The molecular weight excluding hydrogens is 148 g/mol. The molecule has 0 aromatic carbocycles. The van der Waals surface area contributed by atoms with Crippen molar-refractivity contribution in [2.24, 2.45) is 0 Å². The molecule has 0 heterocycles. The molecule has 0 atom stereocenters. The van der Waals surface area contributed by atoms with Gasteiger partial charge in [0.05, 0.1) is 0 Å². The van der Waals surface area contributed by atoms with Gasteiger partial charge in [-0.05, 0) is 0 Å². The van der Waals surface area contributed by atoms with Crippen LogP contribution in [0.1, 0.15) is 0 Å². The predicted molar refractivity (Wildman–Crippen MR) is 9.92 cm³/mol. The van der Waals surface area contributed by atoms with Crippen LogP contribution < -0.4 is 0 Å². The quantitative estimate of drug-likeness (QED) is 0.391. The zero-order valence-electron chi connectivity index (χ0n) is 1.32. The Hall–Kier alpha value is 1.57. The molecule has 4 heavy (non-hydrogen) atoms. The van der Waals surface area contributed by atoms with Crippen LogP contribution in [0.25, 0.3) is 0 Å². The van der Waals surface area contributed by atoms with E-state index in [4.69, 9.17) is 0 Å². The second-order valence-corrected chi connectivity index (χ2v) is 0. The third-order valence-corrected chi connectivity index (χ3v) is 0. The first kappa shape index (κ1) is 47.2. The zero-order chi connectivity index (χ0) is 0. The molecule has 0 bridgehead atoms. The van der Waals surface area contributed by atoms with Gasteiger partial charge in [0.1, 0.15) is 0 Å². The molecule has 0 aliphatic rings. The van der Waals surface area contributed by atoms with Crippen LogP contribution in [-0.2, 0) is 37.2 Å². The molecule has 0 rings (SSSR count). The van der Waals surface area contributed by atoms with Gasteiger partial charge in [-0.1, -0.05) is 0 Å². The molecule has 0 aromatic rings. The van der Waals surface area contributed by atoms with Gasteiger partial charge in [0, 0.05) is 0 Å². The van der Waals surface area contributed by atoms with Crippen molar-refractivity contribution in [1.82, 2.24) is 0 Å². The van der Waals surface area contributed by atoms with Crippen molar-refractivity contribution in [3.8, 4) is 0 Å². The van der Waals surface area contributed by atoms with E-state index in [1.54, 1.807) is 0 Å². The van der Waals surface area contributed by atoms with Crippen LogP contribution in [-0.4, -0.2) is 23.1 Å². The summed E-state index contributed by atoms with van der Waals surface area (Å²) in [5.41, 5.74) is 0. The molecule has 0 amide bonds. The molecule has 0 aromatic heterocycles. The minimum Gasteiger partial charge on any atom is -2.00 e. The summed E-state index contributed by atoms with van der Waals surface area (Å²) in [6.07, 6.45) is 0. The Bertz CT molecular complexity index is 6.00. The summed E-state index contributed by atoms with van der Waals surface area (Å²) in [7, 11) is 0. The Morgan fingerprint density at radius 3 is 0.750 bits per heavy atom. The minimum absolute atomic E-state index is 0. The fourth-order valence-electron chi connectivity index (χ4n) is 0. The Kier molecular flexibility index (Phi) is 279. The van der Waals surface area contributed by atoms with Crippen LogP contribution >= 0.6 is 0 Å². The summed E-state index contributed by atoms with van der Waals surface area (Å²) in [4.78, 5) is 0. The number of hydrogen-bond acceptors (Lipinski definition) is 0. The van der Waals surface area contributed by atoms with Gasteiger partial charge in [0.2, 0.25) is 0 Å². The number of hydrogen-bond donors (Lipinski definition) is 0. The third-order valence-electron chi connectivity index (χ3n) is 0. The normalized spacial score (nSPS) is 0. The Labute approximate surface area is 59.8 Å². The van der Waals surface area contributed by atoms with E-state index >= 15 is 0 Å². The first-order valence-corrected chi connectivity index (χ1v) is 0. The largest absolute Gasteiger partial charge is 4.00 e. The minimum atomic E-state index is 0. The van der Waals surface area contributed by atoms with Gasteiger partial charge in [-0.25, -0.2) is 0 Å². The van der Waals surface area contributed by atoms with E-state index in [-0.39, 0.29) is 60.2 Å². The van der Waals surface area contributed by atoms with Gasteiger partial charge in [0.15, 0.2) is 0 Å². The maximum Gasteiger partial charge on any atom is 4.00 e. The average Bonchev–Trinajstić information content (AvgIpc) is 0. The van der Waals surface area contributed by atoms with Crippen molar-refractivity contribution in [2.45, 2.75) is 0 Å². The van der Waals surface area contributed by atoms with Crippen LogP contribution in [0.4, 0.5) is 0 Å². The van der Waals surface area contributed by atoms with Crippen LogP contribution in [0.2, 0.25) is 0 Å². The smallest absolute Gasteiger partial charge is 2.00 e. The van der Waals surface area contributed by atoms with E-state index < -0.39 is 0 Å². The van der Waals surface area contributed by atoms with Gasteiger partial charge in [-0.15, -0.1) is 0 Å². The van der Waals surface area contributed by atoms with E-state index in [1.807, 2.05) is 0 Å². The maximum atomic E-state index is 0. The summed E-state index contributed by atoms with van der Waals surface area (Å²) < 4.78 is 0. The van der Waals surface area contributed by atoms with Crippen LogP contribution in [0.3, 0.4) is 0 Å². The Morgan fingerprint density at radius 1 is 0.750 bits per heavy atom. The van der Waals surface area contributed by atoms with Crippen molar-refractivity contribution in [2.75, 3.05) is 0 Å². The topological polar surface area (TPSA) is 57.0 Å². The molecule has 0 radical (unpaired) electrons. The summed E-state index contributed by atoms with van der Waals surface area (Å²) >= 11 is 0. The first-order chi connectivity index (χ1) is 0. The van der Waals surface area contributed by atoms with Gasteiger partial charge in [-0.2, -0.15) is 0 Å². The molecule has 0 aliphatic heterocycles. The second kappa shape index (κ2) is 23.6. The summed E-state index contributed by atoms with van der Waals surface area (Å²) in [6.45, 7) is 0. The standard InChI is InChI=1S/Mg.2O.Zr.2H/q;2*-2;+4;;. The van der Waals surface area contributed by atoms with Gasteiger partial charge >= 0.3 is 49.3 Å². The van der Waals surface area contributed by atoms with E-state index in [0.717, 1.165) is 0 Å². The fourth-order valence-corrected chi connectivity index (χ4v) is 0. The van der Waals surface area contributed by atoms with Gasteiger partial charge in [0.25, 0.3) is 0 Å². The van der Waals surface area contributed by atoms with Crippen molar-refractivity contribution in [3.05, 3.63) is 0 Å². The molecule has 0 spiro atoms. The van der Waals surface area contributed by atoms with Crippen molar-refractivity contribution >= 4 is 23.1 Å². The van der Waals surface area contributed by atoms with Crippen molar-refractivity contribution < 1.29 is 37.2 Å². The third kappa shape index (κ3) is 9.57. The van der Waals surface area contributed by atoms with E-state index in [2.05, 4.69) is 0 Å².